The molecule has 0 aromatic carbocycles. The molecule has 3 aliphatic rings. The summed E-state index contributed by atoms with van der Waals surface area (Å²) in [6, 6.07) is 0.308. The predicted molar refractivity (Wildman–Crippen MR) is 83.2 cm³/mol. The van der Waals surface area contributed by atoms with Gasteiger partial charge in [-0.15, -0.1) is 11.3 Å². The van der Waals surface area contributed by atoms with Crippen molar-refractivity contribution in [2.24, 2.45) is 5.92 Å². The first-order chi connectivity index (χ1) is 9.96. The average Bonchev–Trinajstić information content (AvgIpc) is 2.76. The van der Waals surface area contributed by atoms with E-state index in [2.05, 4.69) is 9.88 Å². The Morgan fingerprint density at radius 1 is 1.33 bits per heavy atom. The molecular formula is C13H22N4O2S2. The molecule has 0 saturated carbocycles. The Morgan fingerprint density at radius 3 is 2.81 bits per heavy atom. The normalized spacial score (nSPS) is 28.1. The number of piperidine rings is 1. The topological polar surface area (TPSA) is 56.8 Å². The van der Waals surface area contributed by atoms with Crippen molar-refractivity contribution in [3.8, 4) is 0 Å². The van der Waals surface area contributed by atoms with Crippen molar-refractivity contribution in [1.82, 2.24) is 18.5 Å². The highest BCUT2D eigenvalue weighted by molar-refractivity contribution is 7.86. The Hall–Kier alpha value is -0.540. The lowest BCUT2D eigenvalue weighted by Gasteiger charge is -2.35. The van der Waals surface area contributed by atoms with Crippen molar-refractivity contribution in [1.29, 1.82) is 0 Å². The fourth-order valence-corrected chi connectivity index (χ4v) is 5.12. The summed E-state index contributed by atoms with van der Waals surface area (Å²) in [6.07, 6.45) is 4.03. The zero-order valence-corrected chi connectivity index (χ0v) is 14.1. The van der Waals surface area contributed by atoms with Gasteiger partial charge < -0.3 is 0 Å². The molecule has 118 valence electrons. The highest BCUT2D eigenvalue weighted by Crippen LogP contribution is 2.30. The van der Waals surface area contributed by atoms with Crippen molar-refractivity contribution in [2.45, 2.75) is 25.4 Å². The lowest BCUT2D eigenvalue weighted by molar-refractivity contribution is 0.125. The van der Waals surface area contributed by atoms with E-state index in [0.717, 1.165) is 30.9 Å². The largest absolute Gasteiger partial charge is 0.292 e. The van der Waals surface area contributed by atoms with Crippen LogP contribution in [-0.2, 0) is 16.8 Å². The molecule has 1 aromatic rings. The van der Waals surface area contributed by atoms with Crippen LogP contribution in [0, 0.1) is 5.92 Å². The summed E-state index contributed by atoms with van der Waals surface area (Å²) in [7, 11) is -0.0944. The minimum absolute atomic E-state index is 0.308. The van der Waals surface area contributed by atoms with Gasteiger partial charge in [-0.3, -0.25) is 4.90 Å². The van der Waals surface area contributed by atoms with E-state index < -0.39 is 10.2 Å². The molecule has 6 nitrogen and oxygen atoms in total. The maximum atomic E-state index is 12.4. The minimum atomic E-state index is -3.31. The van der Waals surface area contributed by atoms with Crippen molar-refractivity contribution in [3.05, 3.63) is 16.6 Å². The molecular weight excluding hydrogens is 308 g/mol. The van der Waals surface area contributed by atoms with Crippen molar-refractivity contribution in [3.63, 3.8) is 0 Å². The first-order valence-electron chi connectivity index (χ1n) is 7.27. The number of nitrogens with zero attached hydrogens (tertiary/aromatic N) is 4. The molecule has 0 spiro atoms. The molecule has 0 amide bonds. The van der Waals surface area contributed by atoms with Gasteiger partial charge in [0.1, 0.15) is 5.01 Å². The van der Waals surface area contributed by atoms with E-state index >= 15 is 0 Å². The quantitative estimate of drug-likeness (QED) is 0.821. The zero-order valence-electron chi connectivity index (χ0n) is 12.5. The van der Waals surface area contributed by atoms with Gasteiger partial charge in [0.25, 0.3) is 10.2 Å². The molecule has 0 radical (unpaired) electrons. The standard InChI is InChI=1S/C13H22N4O2S2/c1-15(2)21(18,19)17-8-11-3-4-12(9-17)16(7-11)10-13-14-5-6-20-13/h5-6,11-12H,3-4,7-10H2,1-2H3/t11-,12-/m0/s1. The SMILES string of the molecule is CN(C)S(=O)(=O)N1C[C@H]2CC[C@@H](C1)N(Cc1nccs1)C2. The molecule has 21 heavy (non-hydrogen) atoms. The molecule has 2 bridgehead atoms. The van der Waals surface area contributed by atoms with E-state index in [9.17, 15) is 8.42 Å². The smallest absolute Gasteiger partial charge is 0.281 e. The van der Waals surface area contributed by atoms with Gasteiger partial charge in [-0.2, -0.15) is 17.0 Å². The second-order valence-electron chi connectivity index (χ2n) is 6.06. The molecule has 0 unspecified atom stereocenters. The van der Waals surface area contributed by atoms with Gasteiger partial charge in [-0.05, 0) is 18.8 Å². The monoisotopic (exact) mass is 330 g/mol. The van der Waals surface area contributed by atoms with E-state index in [4.69, 9.17) is 0 Å². The Bertz CT molecular complexity index is 573. The predicted octanol–water partition coefficient (Wildman–Crippen LogP) is 0.846. The Kier molecular flexibility index (Phi) is 4.33. The van der Waals surface area contributed by atoms with Crippen molar-refractivity contribution >= 4 is 21.5 Å². The molecule has 1 aromatic heterocycles. The maximum absolute atomic E-state index is 12.4. The van der Waals surface area contributed by atoms with Crippen LogP contribution in [0.1, 0.15) is 17.8 Å². The van der Waals surface area contributed by atoms with Crippen molar-refractivity contribution in [2.75, 3.05) is 33.7 Å². The molecule has 3 aliphatic heterocycles. The summed E-state index contributed by atoms with van der Waals surface area (Å²) in [5, 5.41) is 3.11. The van der Waals surface area contributed by atoms with Gasteiger partial charge in [0, 0.05) is 51.3 Å². The van der Waals surface area contributed by atoms with Gasteiger partial charge in [0.15, 0.2) is 0 Å². The molecule has 0 aliphatic carbocycles. The summed E-state index contributed by atoms with van der Waals surface area (Å²) >= 11 is 1.67. The van der Waals surface area contributed by atoms with Crippen LogP contribution in [0.15, 0.2) is 11.6 Å². The second kappa shape index (κ2) is 5.92. The van der Waals surface area contributed by atoms with Crippen LogP contribution in [0.3, 0.4) is 0 Å². The fourth-order valence-electron chi connectivity index (χ4n) is 3.25. The number of thiazole rings is 1. The van der Waals surface area contributed by atoms with Crippen LogP contribution in [0.2, 0.25) is 0 Å². The van der Waals surface area contributed by atoms with Gasteiger partial charge in [0.05, 0.1) is 6.54 Å². The summed E-state index contributed by atoms with van der Waals surface area (Å²) in [4.78, 5) is 6.77. The first kappa shape index (κ1) is 15.4. The zero-order chi connectivity index (χ0) is 15.0. The number of hydrogen-bond acceptors (Lipinski definition) is 5. The summed E-state index contributed by atoms with van der Waals surface area (Å²) in [5.74, 6) is 0.429. The van der Waals surface area contributed by atoms with Crippen molar-refractivity contribution < 1.29 is 8.42 Å². The Labute approximate surface area is 130 Å². The third-order valence-corrected chi connectivity index (χ3v) is 7.04. The van der Waals surface area contributed by atoms with Gasteiger partial charge >= 0.3 is 0 Å². The summed E-state index contributed by atoms with van der Waals surface area (Å²) in [6.45, 7) is 3.06. The summed E-state index contributed by atoms with van der Waals surface area (Å²) in [5.41, 5.74) is 0. The second-order valence-corrected chi connectivity index (χ2v) is 9.18. The minimum Gasteiger partial charge on any atom is -0.292 e. The van der Waals surface area contributed by atoms with Crippen LogP contribution in [0.25, 0.3) is 0 Å². The van der Waals surface area contributed by atoms with Gasteiger partial charge in [-0.25, -0.2) is 4.98 Å². The van der Waals surface area contributed by atoms with E-state index in [1.807, 2.05) is 11.6 Å². The molecule has 3 fully saturated rings. The molecule has 4 rings (SSSR count). The number of hydrogen-bond donors (Lipinski definition) is 0. The van der Waals surface area contributed by atoms with E-state index in [1.54, 1.807) is 29.7 Å². The Morgan fingerprint density at radius 2 is 2.14 bits per heavy atom. The van der Waals surface area contributed by atoms with Crippen LogP contribution in [-0.4, -0.2) is 66.7 Å². The molecule has 3 saturated heterocycles. The van der Waals surface area contributed by atoms with Gasteiger partial charge in [0.2, 0.25) is 0 Å². The van der Waals surface area contributed by atoms with E-state index in [-0.39, 0.29) is 0 Å². The average molecular weight is 330 g/mol. The lowest BCUT2D eigenvalue weighted by Crippen LogP contribution is -2.45. The molecule has 2 atom stereocenters. The maximum Gasteiger partial charge on any atom is 0.281 e. The fraction of sp³-hybridized carbons (Fsp3) is 0.769. The number of aromatic nitrogens is 1. The molecule has 0 N–H and O–H groups in total. The van der Waals surface area contributed by atoms with Crippen LogP contribution < -0.4 is 0 Å². The van der Waals surface area contributed by atoms with Gasteiger partial charge in [-0.1, -0.05) is 0 Å². The Balaban J connectivity index is 1.76. The third kappa shape index (κ3) is 3.14. The number of rotatable bonds is 4. The van der Waals surface area contributed by atoms with Crippen LogP contribution in [0.5, 0.6) is 0 Å². The van der Waals surface area contributed by atoms with E-state index in [0.29, 0.717) is 25.0 Å². The molecule has 8 heteroatoms. The first-order valence-corrected chi connectivity index (χ1v) is 9.54. The highest BCUT2D eigenvalue weighted by Gasteiger charge is 2.39. The number of fused-ring (bicyclic) bond motifs is 4. The van der Waals surface area contributed by atoms with Crippen LogP contribution in [0.4, 0.5) is 0 Å². The third-order valence-electron chi connectivity index (χ3n) is 4.40. The van der Waals surface area contributed by atoms with Crippen LogP contribution >= 0.6 is 11.3 Å². The highest BCUT2D eigenvalue weighted by atomic mass is 32.2. The molecule has 4 heterocycles. The summed E-state index contributed by atoms with van der Waals surface area (Å²) < 4.78 is 27.8. The lowest BCUT2D eigenvalue weighted by atomic mass is 9.95. The van der Waals surface area contributed by atoms with E-state index in [1.165, 1.54) is 4.31 Å².